The second kappa shape index (κ2) is 6.50. The second-order valence-electron chi connectivity index (χ2n) is 4.10. The first-order valence-electron chi connectivity index (χ1n) is 6.00. The normalized spacial score (nSPS) is 10.5. The quantitative estimate of drug-likeness (QED) is 0.675. The molecule has 0 saturated heterocycles. The Morgan fingerprint density at radius 2 is 2.17 bits per heavy atom. The molecule has 0 radical (unpaired) electrons. The van der Waals surface area contributed by atoms with Crippen LogP contribution in [0.25, 0.3) is 10.8 Å². The highest BCUT2D eigenvalue weighted by atomic mass is 79.9. The lowest BCUT2D eigenvalue weighted by Crippen LogP contribution is -2.11. The molecule has 1 amide bonds. The molecule has 3 nitrogen and oxygen atoms in total. The SMILES string of the molecule is O=C(CCCCBr)Nc1cccc2ccncc12. The van der Waals surface area contributed by atoms with Gasteiger partial charge in [0.25, 0.3) is 0 Å². The van der Waals surface area contributed by atoms with Gasteiger partial charge in [-0.15, -0.1) is 0 Å². The van der Waals surface area contributed by atoms with Crippen LogP contribution in [0.4, 0.5) is 5.69 Å². The molecule has 0 fully saturated rings. The summed E-state index contributed by atoms with van der Waals surface area (Å²) in [5, 5.41) is 5.96. The van der Waals surface area contributed by atoms with Crippen LogP contribution in [0.2, 0.25) is 0 Å². The van der Waals surface area contributed by atoms with Crippen molar-refractivity contribution >= 4 is 38.3 Å². The highest BCUT2D eigenvalue weighted by Gasteiger charge is 2.05. The van der Waals surface area contributed by atoms with Gasteiger partial charge in [0, 0.05) is 29.5 Å². The average Bonchev–Trinajstić information content (AvgIpc) is 2.39. The summed E-state index contributed by atoms with van der Waals surface area (Å²) in [6.07, 6.45) is 6.01. The van der Waals surface area contributed by atoms with Crippen molar-refractivity contribution in [2.75, 3.05) is 10.6 Å². The fourth-order valence-corrected chi connectivity index (χ4v) is 2.21. The Morgan fingerprint density at radius 3 is 3.00 bits per heavy atom. The van der Waals surface area contributed by atoms with Crippen LogP contribution in [0.15, 0.2) is 36.7 Å². The molecule has 2 rings (SSSR count). The van der Waals surface area contributed by atoms with Crippen molar-refractivity contribution in [1.29, 1.82) is 0 Å². The maximum absolute atomic E-state index is 11.8. The smallest absolute Gasteiger partial charge is 0.224 e. The Hall–Kier alpha value is -1.42. The van der Waals surface area contributed by atoms with Crippen LogP contribution < -0.4 is 5.32 Å². The second-order valence-corrected chi connectivity index (χ2v) is 4.89. The number of fused-ring (bicyclic) bond motifs is 1. The van der Waals surface area contributed by atoms with E-state index in [1.165, 1.54) is 0 Å². The standard InChI is InChI=1S/C14H15BrN2O/c15-8-2-1-6-14(18)17-13-5-3-4-11-7-9-16-10-12(11)13/h3-5,7,9-10H,1-2,6,8H2,(H,17,18). The Kier molecular flexibility index (Phi) is 4.70. The number of hydrogen-bond donors (Lipinski definition) is 1. The number of nitrogens with zero attached hydrogens (tertiary/aromatic N) is 1. The highest BCUT2D eigenvalue weighted by Crippen LogP contribution is 2.22. The fraction of sp³-hybridized carbons (Fsp3) is 0.286. The van der Waals surface area contributed by atoms with Crippen LogP contribution in [0.3, 0.4) is 0 Å². The third kappa shape index (κ3) is 3.29. The molecule has 94 valence electrons. The lowest BCUT2D eigenvalue weighted by molar-refractivity contribution is -0.116. The van der Waals surface area contributed by atoms with Crippen LogP contribution >= 0.6 is 15.9 Å². The Morgan fingerprint density at radius 1 is 1.28 bits per heavy atom. The van der Waals surface area contributed by atoms with Gasteiger partial charge in [-0.3, -0.25) is 9.78 Å². The number of carbonyl (C=O) groups excluding carboxylic acids is 1. The fourth-order valence-electron chi connectivity index (χ4n) is 1.82. The summed E-state index contributed by atoms with van der Waals surface area (Å²) in [7, 11) is 0. The van der Waals surface area contributed by atoms with Crippen LogP contribution in [0, 0.1) is 0 Å². The van der Waals surface area contributed by atoms with E-state index in [0.29, 0.717) is 6.42 Å². The largest absolute Gasteiger partial charge is 0.325 e. The number of pyridine rings is 1. The molecular weight excluding hydrogens is 292 g/mol. The van der Waals surface area contributed by atoms with Gasteiger partial charge in [-0.2, -0.15) is 0 Å². The van der Waals surface area contributed by atoms with Gasteiger partial charge in [-0.05, 0) is 30.4 Å². The molecule has 0 aliphatic heterocycles. The highest BCUT2D eigenvalue weighted by molar-refractivity contribution is 9.09. The molecular formula is C14H15BrN2O. The molecule has 1 aromatic carbocycles. The van der Waals surface area contributed by atoms with Gasteiger partial charge in [0.1, 0.15) is 0 Å². The topological polar surface area (TPSA) is 42.0 Å². The molecule has 0 aliphatic carbocycles. The maximum Gasteiger partial charge on any atom is 0.224 e. The van der Waals surface area contributed by atoms with Crippen molar-refractivity contribution < 1.29 is 4.79 Å². The Bertz CT molecular complexity index is 537. The number of amides is 1. The van der Waals surface area contributed by atoms with E-state index in [4.69, 9.17) is 0 Å². The van der Waals surface area contributed by atoms with E-state index < -0.39 is 0 Å². The predicted octanol–water partition coefficient (Wildman–Crippen LogP) is 3.74. The summed E-state index contributed by atoms with van der Waals surface area (Å²) in [6.45, 7) is 0. The van der Waals surface area contributed by atoms with Gasteiger partial charge in [0.05, 0.1) is 5.69 Å². The Labute approximate surface area is 115 Å². The number of alkyl halides is 1. The van der Waals surface area contributed by atoms with Crippen molar-refractivity contribution in [1.82, 2.24) is 4.98 Å². The minimum Gasteiger partial charge on any atom is -0.325 e. The van der Waals surface area contributed by atoms with Gasteiger partial charge < -0.3 is 5.32 Å². The molecule has 0 bridgehead atoms. The van der Waals surface area contributed by atoms with Gasteiger partial charge >= 0.3 is 0 Å². The van der Waals surface area contributed by atoms with Gasteiger partial charge in [0.2, 0.25) is 5.91 Å². The molecule has 0 atom stereocenters. The zero-order valence-corrected chi connectivity index (χ0v) is 11.6. The summed E-state index contributed by atoms with van der Waals surface area (Å²) < 4.78 is 0. The average molecular weight is 307 g/mol. The number of rotatable bonds is 5. The van der Waals surface area contributed by atoms with Crippen molar-refractivity contribution in [2.45, 2.75) is 19.3 Å². The molecule has 1 N–H and O–H groups in total. The van der Waals surface area contributed by atoms with Crippen molar-refractivity contribution in [3.63, 3.8) is 0 Å². The van der Waals surface area contributed by atoms with E-state index in [9.17, 15) is 4.79 Å². The zero-order chi connectivity index (χ0) is 12.8. The van der Waals surface area contributed by atoms with Gasteiger partial charge in [-0.25, -0.2) is 0 Å². The molecule has 1 heterocycles. The van der Waals surface area contributed by atoms with Crippen LogP contribution in [0.5, 0.6) is 0 Å². The zero-order valence-electron chi connectivity index (χ0n) is 10.0. The number of nitrogens with one attached hydrogen (secondary N) is 1. The third-order valence-electron chi connectivity index (χ3n) is 2.75. The van der Waals surface area contributed by atoms with Crippen molar-refractivity contribution in [2.24, 2.45) is 0 Å². The van der Waals surface area contributed by atoms with E-state index in [0.717, 1.165) is 34.6 Å². The van der Waals surface area contributed by atoms with Crippen LogP contribution in [-0.2, 0) is 4.79 Å². The van der Waals surface area contributed by atoms with Gasteiger partial charge in [0.15, 0.2) is 0 Å². The first-order chi connectivity index (χ1) is 8.81. The minimum absolute atomic E-state index is 0.0623. The minimum atomic E-state index is 0.0623. The summed E-state index contributed by atoms with van der Waals surface area (Å²) in [5.74, 6) is 0.0623. The van der Waals surface area contributed by atoms with Crippen LogP contribution in [-0.4, -0.2) is 16.2 Å². The van der Waals surface area contributed by atoms with Crippen molar-refractivity contribution in [3.05, 3.63) is 36.7 Å². The number of anilines is 1. The summed E-state index contributed by atoms with van der Waals surface area (Å²) in [5.41, 5.74) is 0.837. The molecule has 0 unspecified atom stereocenters. The van der Waals surface area contributed by atoms with Crippen molar-refractivity contribution in [3.8, 4) is 0 Å². The van der Waals surface area contributed by atoms with E-state index >= 15 is 0 Å². The molecule has 0 saturated carbocycles. The Balaban J connectivity index is 2.09. The molecule has 1 aromatic heterocycles. The number of aromatic nitrogens is 1. The predicted molar refractivity (Wildman–Crippen MR) is 78.0 cm³/mol. The molecule has 4 heteroatoms. The number of unbranched alkanes of at least 4 members (excludes halogenated alkanes) is 1. The monoisotopic (exact) mass is 306 g/mol. The summed E-state index contributed by atoms with van der Waals surface area (Å²) in [6, 6.07) is 7.80. The summed E-state index contributed by atoms with van der Waals surface area (Å²) >= 11 is 3.36. The van der Waals surface area contributed by atoms with E-state index in [-0.39, 0.29) is 5.91 Å². The maximum atomic E-state index is 11.8. The van der Waals surface area contributed by atoms with Gasteiger partial charge in [-0.1, -0.05) is 28.1 Å². The number of carbonyl (C=O) groups is 1. The van der Waals surface area contributed by atoms with Crippen LogP contribution in [0.1, 0.15) is 19.3 Å². The number of halogens is 1. The molecule has 18 heavy (non-hydrogen) atoms. The third-order valence-corrected chi connectivity index (χ3v) is 3.31. The molecule has 2 aromatic rings. The molecule has 0 aliphatic rings. The number of hydrogen-bond acceptors (Lipinski definition) is 2. The lowest BCUT2D eigenvalue weighted by Gasteiger charge is -2.08. The number of benzene rings is 1. The first-order valence-corrected chi connectivity index (χ1v) is 7.12. The van der Waals surface area contributed by atoms with E-state index in [1.54, 1.807) is 12.4 Å². The first kappa shape index (κ1) is 13.0. The lowest BCUT2D eigenvalue weighted by atomic mass is 10.1. The van der Waals surface area contributed by atoms with E-state index in [1.807, 2.05) is 24.3 Å². The van der Waals surface area contributed by atoms with E-state index in [2.05, 4.69) is 26.2 Å². The summed E-state index contributed by atoms with van der Waals surface area (Å²) in [4.78, 5) is 15.9. The molecule has 0 spiro atoms.